The summed E-state index contributed by atoms with van der Waals surface area (Å²) in [6.45, 7) is 6.15. The van der Waals surface area contributed by atoms with Crippen molar-refractivity contribution < 1.29 is 29.2 Å². The molecule has 2 heterocycles. The number of carbonyl (C=O) groups excluding carboxylic acids is 1. The first-order chi connectivity index (χ1) is 14.8. The lowest BCUT2D eigenvalue weighted by atomic mass is 9.47. The SMILES string of the molecule is C#CCC(CO)C(C)C1C[C@@H]2O[C@]23[C@]2(O[C@H]2CC2C(COC(C)=O)=CCC[C@@]23C)[C@@H]1O. The predicted octanol–water partition coefficient (Wildman–Crippen LogP) is 2.22. The molecule has 2 saturated carbocycles. The first-order valence-electron chi connectivity index (χ1n) is 11.7. The average molecular weight is 431 g/mol. The molecule has 0 aromatic carbocycles. The summed E-state index contributed by atoms with van der Waals surface area (Å²) in [5.41, 5.74) is -0.157. The fourth-order valence-electron chi connectivity index (χ4n) is 7.74. The highest BCUT2D eigenvalue weighted by molar-refractivity contribution is 5.66. The molecule has 6 nitrogen and oxygen atoms in total. The number of carbonyl (C=O) groups is 1. The van der Waals surface area contributed by atoms with Gasteiger partial charge in [-0.25, -0.2) is 0 Å². The molecular formula is C25H34O6. The number of epoxide rings is 2. The van der Waals surface area contributed by atoms with Gasteiger partial charge in [0.05, 0.1) is 18.3 Å². The molecule has 2 N–H and O–H groups in total. The highest BCUT2D eigenvalue weighted by Gasteiger charge is 2.92. The number of aliphatic hydroxyl groups is 2. The maximum atomic E-state index is 11.7. The summed E-state index contributed by atoms with van der Waals surface area (Å²) in [6, 6.07) is 0. The number of esters is 1. The van der Waals surface area contributed by atoms with Crippen LogP contribution in [0.15, 0.2) is 11.6 Å². The molecule has 5 aliphatic rings. The van der Waals surface area contributed by atoms with Gasteiger partial charge in [0.25, 0.3) is 0 Å². The summed E-state index contributed by atoms with van der Waals surface area (Å²) in [5, 5.41) is 21.5. The molecule has 31 heavy (non-hydrogen) atoms. The quantitative estimate of drug-likeness (QED) is 0.291. The molecule has 4 fully saturated rings. The molecule has 0 amide bonds. The van der Waals surface area contributed by atoms with Crippen LogP contribution in [-0.4, -0.2) is 58.9 Å². The Labute approximate surface area is 184 Å². The maximum Gasteiger partial charge on any atom is 0.302 e. The Morgan fingerprint density at radius 2 is 2.16 bits per heavy atom. The van der Waals surface area contributed by atoms with Gasteiger partial charge >= 0.3 is 5.97 Å². The fourth-order valence-corrected chi connectivity index (χ4v) is 7.74. The summed E-state index contributed by atoms with van der Waals surface area (Å²) in [7, 11) is 0. The number of hydrogen-bond donors (Lipinski definition) is 2. The van der Waals surface area contributed by atoms with Crippen molar-refractivity contribution in [2.45, 2.75) is 82.4 Å². The van der Waals surface area contributed by atoms with Crippen LogP contribution in [0.4, 0.5) is 0 Å². The number of fused-ring (bicyclic) bond motifs is 1. The highest BCUT2D eigenvalue weighted by Crippen LogP contribution is 2.79. The van der Waals surface area contributed by atoms with E-state index in [1.54, 1.807) is 0 Å². The zero-order valence-corrected chi connectivity index (χ0v) is 18.7. The van der Waals surface area contributed by atoms with Crippen molar-refractivity contribution in [2.75, 3.05) is 13.2 Å². The van der Waals surface area contributed by atoms with Gasteiger partial charge in [-0.05, 0) is 54.9 Å². The predicted molar refractivity (Wildman–Crippen MR) is 113 cm³/mol. The number of terminal acetylenes is 1. The van der Waals surface area contributed by atoms with Crippen LogP contribution in [0.25, 0.3) is 0 Å². The molecule has 0 bridgehead atoms. The van der Waals surface area contributed by atoms with E-state index in [0.29, 0.717) is 13.0 Å². The Hall–Kier alpha value is -1.39. The third-order valence-corrected chi connectivity index (χ3v) is 9.46. The van der Waals surface area contributed by atoms with Crippen LogP contribution in [0.1, 0.15) is 52.9 Å². The summed E-state index contributed by atoms with van der Waals surface area (Å²) < 4.78 is 18.3. The molecule has 6 heteroatoms. The molecular weight excluding hydrogens is 396 g/mol. The van der Waals surface area contributed by atoms with Crippen LogP contribution >= 0.6 is 0 Å². The molecule has 0 aromatic rings. The van der Waals surface area contributed by atoms with Crippen molar-refractivity contribution >= 4 is 5.97 Å². The molecule has 2 aliphatic heterocycles. The van der Waals surface area contributed by atoms with Crippen molar-refractivity contribution in [2.24, 2.45) is 29.1 Å². The minimum Gasteiger partial charge on any atom is -0.461 e. The van der Waals surface area contributed by atoms with Gasteiger partial charge in [-0.1, -0.05) is 19.9 Å². The van der Waals surface area contributed by atoms with E-state index in [1.165, 1.54) is 6.92 Å². The molecule has 0 aromatic heterocycles. The van der Waals surface area contributed by atoms with Crippen LogP contribution < -0.4 is 0 Å². The second-order valence-electron chi connectivity index (χ2n) is 10.6. The first kappa shape index (κ1) is 21.5. The molecule has 2 saturated heterocycles. The molecule has 5 rings (SSSR count). The van der Waals surface area contributed by atoms with Crippen molar-refractivity contribution in [1.82, 2.24) is 0 Å². The van der Waals surface area contributed by atoms with E-state index in [2.05, 4.69) is 25.8 Å². The first-order valence-corrected chi connectivity index (χ1v) is 11.7. The van der Waals surface area contributed by atoms with Gasteiger partial charge in [0.15, 0.2) is 5.60 Å². The van der Waals surface area contributed by atoms with E-state index in [0.717, 1.165) is 31.3 Å². The van der Waals surface area contributed by atoms with Crippen molar-refractivity contribution in [3.05, 3.63) is 11.6 Å². The zero-order chi connectivity index (χ0) is 22.2. The van der Waals surface area contributed by atoms with Crippen LogP contribution in [0.2, 0.25) is 0 Å². The largest absolute Gasteiger partial charge is 0.461 e. The number of rotatable bonds is 6. The van der Waals surface area contributed by atoms with Crippen molar-refractivity contribution in [3.63, 3.8) is 0 Å². The van der Waals surface area contributed by atoms with Crippen LogP contribution in [-0.2, 0) is 19.0 Å². The zero-order valence-electron chi connectivity index (χ0n) is 18.7. The van der Waals surface area contributed by atoms with Gasteiger partial charge < -0.3 is 24.4 Å². The van der Waals surface area contributed by atoms with Gasteiger partial charge in [0, 0.05) is 25.4 Å². The Kier molecular flexibility index (Phi) is 4.88. The lowest BCUT2D eigenvalue weighted by molar-refractivity contribution is -0.140. The Morgan fingerprint density at radius 3 is 2.84 bits per heavy atom. The molecule has 0 radical (unpaired) electrons. The van der Waals surface area contributed by atoms with Crippen molar-refractivity contribution in [3.8, 4) is 12.3 Å². The van der Waals surface area contributed by atoms with Gasteiger partial charge in [0.1, 0.15) is 12.2 Å². The highest BCUT2D eigenvalue weighted by atomic mass is 16.7. The summed E-state index contributed by atoms with van der Waals surface area (Å²) in [6.07, 6.45) is 11.0. The topological polar surface area (TPSA) is 91.8 Å². The standard InChI is InChI=1S/C25H34O6/c1-5-7-16(12-26)14(2)18-10-21-25(31-21)23(4)9-6-8-17(13-29-15(3)27)19(23)11-20-24(25,30-20)22(18)28/h1,8,14,16,18-22,26,28H,6-7,9-13H2,2-4H3/t14?,16?,18?,19?,20-,21-,22+,23-,24+,25+/m0/s1. The van der Waals surface area contributed by atoms with Gasteiger partial charge in [0.2, 0.25) is 0 Å². The summed E-state index contributed by atoms with van der Waals surface area (Å²) in [4.78, 5) is 11.4. The van der Waals surface area contributed by atoms with Crippen molar-refractivity contribution in [1.29, 1.82) is 0 Å². The summed E-state index contributed by atoms with van der Waals surface area (Å²) >= 11 is 0. The van der Waals surface area contributed by atoms with E-state index in [9.17, 15) is 15.0 Å². The van der Waals surface area contributed by atoms with Crippen LogP contribution in [0.5, 0.6) is 0 Å². The smallest absolute Gasteiger partial charge is 0.302 e. The lowest BCUT2D eigenvalue weighted by Crippen LogP contribution is -2.66. The normalized spacial score (nSPS) is 48.5. The Morgan fingerprint density at radius 1 is 1.39 bits per heavy atom. The number of hydrogen-bond acceptors (Lipinski definition) is 6. The second-order valence-corrected chi connectivity index (χ2v) is 10.6. The van der Waals surface area contributed by atoms with E-state index < -0.39 is 17.3 Å². The minimum atomic E-state index is -0.667. The fraction of sp³-hybridized carbons (Fsp3) is 0.800. The number of allylic oxidation sites excluding steroid dienone is 1. The lowest BCUT2D eigenvalue weighted by Gasteiger charge is -2.54. The molecule has 4 unspecified atom stereocenters. The van der Waals surface area contributed by atoms with Crippen LogP contribution in [0, 0.1) is 41.4 Å². The Bertz CT molecular complexity index is 845. The van der Waals surface area contributed by atoms with E-state index in [4.69, 9.17) is 20.6 Å². The summed E-state index contributed by atoms with van der Waals surface area (Å²) in [5.74, 6) is 2.65. The Balaban J connectivity index is 1.44. The third kappa shape index (κ3) is 2.64. The average Bonchev–Trinajstić information content (AvgIpc) is 3.63. The number of ether oxygens (including phenoxy) is 3. The monoisotopic (exact) mass is 430 g/mol. The van der Waals surface area contributed by atoms with E-state index in [1.807, 2.05) is 0 Å². The third-order valence-electron chi connectivity index (χ3n) is 9.46. The van der Waals surface area contributed by atoms with E-state index in [-0.39, 0.29) is 53.9 Å². The van der Waals surface area contributed by atoms with Gasteiger partial charge in [-0.3, -0.25) is 4.79 Å². The second kappa shape index (κ2) is 7.05. The van der Waals surface area contributed by atoms with Gasteiger partial charge in [-0.15, -0.1) is 12.3 Å². The molecule has 170 valence electrons. The number of aliphatic hydroxyl groups excluding tert-OH is 2. The molecule has 2 spiro atoms. The molecule has 3 aliphatic carbocycles. The van der Waals surface area contributed by atoms with Gasteiger partial charge in [-0.2, -0.15) is 0 Å². The molecule has 10 atom stereocenters. The van der Waals surface area contributed by atoms with Crippen LogP contribution in [0.3, 0.4) is 0 Å². The maximum absolute atomic E-state index is 11.7. The minimum absolute atomic E-state index is 0.0177. The van der Waals surface area contributed by atoms with E-state index >= 15 is 0 Å².